The lowest BCUT2D eigenvalue weighted by Gasteiger charge is -2.09. The van der Waals surface area contributed by atoms with E-state index in [-0.39, 0.29) is 5.56 Å². The highest BCUT2D eigenvalue weighted by atomic mass is 35.5. The fraction of sp³-hybridized carbons (Fsp3) is 0.200. The normalized spacial score (nSPS) is 13.1. The average molecular weight is 305 g/mol. The third-order valence-electron chi connectivity index (χ3n) is 3.49. The molecule has 1 aromatic carbocycles. The van der Waals surface area contributed by atoms with Gasteiger partial charge in [-0.3, -0.25) is 4.79 Å². The Hall–Kier alpha value is -1.76. The lowest BCUT2D eigenvalue weighted by molar-refractivity contribution is 0.722. The first kappa shape index (κ1) is 13.2. The summed E-state index contributed by atoms with van der Waals surface area (Å²) in [5.74, 6) is 0. The summed E-state index contributed by atoms with van der Waals surface area (Å²) >= 11 is 12.0. The smallest absolute Gasteiger partial charge is 0.258 e. The Balaban J connectivity index is 2.30. The zero-order valence-corrected chi connectivity index (χ0v) is 12.0. The molecule has 0 atom stereocenters. The molecule has 5 heteroatoms. The molecule has 2 aromatic rings. The van der Waals surface area contributed by atoms with E-state index < -0.39 is 0 Å². The molecule has 1 aliphatic rings. The molecule has 0 spiro atoms. The molecule has 0 saturated carbocycles. The number of nitrogens with zero attached hydrogens (tertiary/aromatic N) is 2. The summed E-state index contributed by atoms with van der Waals surface area (Å²) in [6.45, 7) is 0.658. The molecular weight excluding hydrogens is 295 g/mol. The van der Waals surface area contributed by atoms with Crippen LogP contribution in [0.15, 0.2) is 29.1 Å². The molecule has 1 aromatic heterocycles. The highest BCUT2D eigenvalue weighted by molar-refractivity contribution is 6.35. The van der Waals surface area contributed by atoms with E-state index in [9.17, 15) is 10.1 Å². The highest BCUT2D eigenvalue weighted by Crippen LogP contribution is 2.27. The van der Waals surface area contributed by atoms with Gasteiger partial charge in [0.1, 0.15) is 6.07 Å². The number of aromatic nitrogens is 1. The van der Waals surface area contributed by atoms with Gasteiger partial charge in [0, 0.05) is 27.8 Å². The van der Waals surface area contributed by atoms with Gasteiger partial charge in [-0.25, -0.2) is 0 Å². The highest BCUT2D eigenvalue weighted by Gasteiger charge is 2.20. The summed E-state index contributed by atoms with van der Waals surface area (Å²) in [5.41, 5.74) is 2.40. The Morgan fingerprint density at radius 1 is 1.15 bits per heavy atom. The number of rotatable bonds is 1. The van der Waals surface area contributed by atoms with Crippen LogP contribution in [-0.2, 0) is 13.0 Å². The predicted molar refractivity (Wildman–Crippen MR) is 79.2 cm³/mol. The molecule has 0 fully saturated rings. The summed E-state index contributed by atoms with van der Waals surface area (Å²) < 4.78 is 1.68. The second kappa shape index (κ2) is 4.97. The van der Waals surface area contributed by atoms with Gasteiger partial charge in [0.25, 0.3) is 5.56 Å². The maximum atomic E-state index is 12.5. The summed E-state index contributed by atoms with van der Waals surface area (Å²) in [6, 6.07) is 8.80. The van der Waals surface area contributed by atoms with Crippen LogP contribution in [0.4, 0.5) is 0 Å². The van der Waals surface area contributed by atoms with Gasteiger partial charge in [-0.1, -0.05) is 23.2 Å². The minimum Gasteiger partial charge on any atom is -0.311 e. The zero-order chi connectivity index (χ0) is 14.3. The van der Waals surface area contributed by atoms with E-state index in [1.54, 1.807) is 28.8 Å². The topological polar surface area (TPSA) is 45.8 Å². The van der Waals surface area contributed by atoms with E-state index in [4.69, 9.17) is 23.2 Å². The van der Waals surface area contributed by atoms with Gasteiger partial charge in [-0.05, 0) is 42.7 Å². The van der Waals surface area contributed by atoms with E-state index in [0.29, 0.717) is 33.3 Å². The van der Waals surface area contributed by atoms with Crippen molar-refractivity contribution in [3.63, 3.8) is 0 Å². The lowest BCUT2D eigenvalue weighted by atomic mass is 10.0. The van der Waals surface area contributed by atoms with Crippen molar-refractivity contribution in [1.29, 1.82) is 5.26 Å². The molecule has 2 heterocycles. The van der Waals surface area contributed by atoms with Gasteiger partial charge in [0.05, 0.1) is 5.56 Å². The van der Waals surface area contributed by atoms with Gasteiger partial charge in [0.15, 0.2) is 0 Å². The maximum absolute atomic E-state index is 12.5. The Kier molecular flexibility index (Phi) is 3.29. The molecule has 0 saturated heterocycles. The minimum atomic E-state index is -0.0881. The summed E-state index contributed by atoms with van der Waals surface area (Å²) in [7, 11) is 0. The predicted octanol–water partition coefficient (Wildman–Crippen LogP) is 3.64. The number of hydrogen-bond donors (Lipinski definition) is 0. The first-order valence-electron chi connectivity index (χ1n) is 6.23. The summed E-state index contributed by atoms with van der Waals surface area (Å²) in [6.07, 6.45) is 1.67. The van der Waals surface area contributed by atoms with Crippen LogP contribution < -0.4 is 5.56 Å². The third kappa shape index (κ3) is 2.11. The van der Waals surface area contributed by atoms with E-state index in [2.05, 4.69) is 6.07 Å². The van der Waals surface area contributed by atoms with E-state index in [1.165, 1.54) is 0 Å². The van der Waals surface area contributed by atoms with Crippen LogP contribution in [0, 0.1) is 11.3 Å². The number of pyridine rings is 1. The van der Waals surface area contributed by atoms with Gasteiger partial charge < -0.3 is 4.57 Å². The largest absolute Gasteiger partial charge is 0.311 e. The van der Waals surface area contributed by atoms with Crippen molar-refractivity contribution < 1.29 is 0 Å². The van der Waals surface area contributed by atoms with Gasteiger partial charge in [0.2, 0.25) is 0 Å². The standard InChI is InChI=1S/C15H10Cl2N2O/c16-11-4-9(5-12(17)7-11)13-6-10(8-18)14-2-1-3-19(14)15(13)20/h4-7H,1-3H2. The fourth-order valence-corrected chi connectivity index (χ4v) is 3.15. The van der Waals surface area contributed by atoms with Crippen molar-refractivity contribution in [3.05, 3.63) is 55.9 Å². The average Bonchev–Trinajstić information content (AvgIpc) is 2.88. The van der Waals surface area contributed by atoms with Crippen LogP contribution in [-0.4, -0.2) is 4.57 Å². The van der Waals surface area contributed by atoms with Crippen molar-refractivity contribution in [3.8, 4) is 17.2 Å². The van der Waals surface area contributed by atoms with Crippen LogP contribution in [0.3, 0.4) is 0 Å². The Morgan fingerprint density at radius 2 is 1.85 bits per heavy atom. The molecule has 0 unspecified atom stereocenters. The Bertz CT molecular complexity index is 782. The molecule has 1 aliphatic heterocycles. The Morgan fingerprint density at radius 3 is 2.50 bits per heavy atom. The molecule has 0 bridgehead atoms. The molecule has 3 nitrogen and oxygen atoms in total. The van der Waals surface area contributed by atoms with Crippen LogP contribution in [0.1, 0.15) is 17.7 Å². The summed E-state index contributed by atoms with van der Waals surface area (Å²) in [5, 5.41) is 10.2. The molecule has 0 aliphatic carbocycles. The van der Waals surface area contributed by atoms with Crippen molar-refractivity contribution >= 4 is 23.2 Å². The first-order valence-corrected chi connectivity index (χ1v) is 6.99. The van der Waals surface area contributed by atoms with Crippen molar-refractivity contribution in [2.45, 2.75) is 19.4 Å². The molecule has 0 amide bonds. The molecule has 0 N–H and O–H groups in total. The van der Waals surface area contributed by atoms with Gasteiger partial charge >= 0.3 is 0 Å². The molecule has 20 heavy (non-hydrogen) atoms. The van der Waals surface area contributed by atoms with E-state index in [0.717, 1.165) is 18.5 Å². The van der Waals surface area contributed by atoms with Crippen molar-refractivity contribution in [2.75, 3.05) is 0 Å². The fourth-order valence-electron chi connectivity index (χ4n) is 2.63. The van der Waals surface area contributed by atoms with E-state index in [1.807, 2.05) is 0 Å². The van der Waals surface area contributed by atoms with Crippen molar-refractivity contribution in [2.24, 2.45) is 0 Å². The van der Waals surface area contributed by atoms with Crippen LogP contribution in [0.2, 0.25) is 10.0 Å². The zero-order valence-electron chi connectivity index (χ0n) is 10.5. The first-order chi connectivity index (χ1) is 9.60. The molecule has 100 valence electrons. The van der Waals surface area contributed by atoms with Gasteiger partial charge in [-0.15, -0.1) is 0 Å². The van der Waals surface area contributed by atoms with Crippen molar-refractivity contribution in [1.82, 2.24) is 4.57 Å². The third-order valence-corrected chi connectivity index (χ3v) is 3.93. The monoisotopic (exact) mass is 304 g/mol. The van der Waals surface area contributed by atoms with Crippen LogP contribution in [0.25, 0.3) is 11.1 Å². The number of halogens is 2. The molecular formula is C15H10Cl2N2O. The molecule has 3 rings (SSSR count). The van der Waals surface area contributed by atoms with Crippen LogP contribution >= 0.6 is 23.2 Å². The van der Waals surface area contributed by atoms with Gasteiger partial charge in [-0.2, -0.15) is 5.26 Å². The SMILES string of the molecule is N#Cc1cc(-c2cc(Cl)cc(Cl)c2)c(=O)n2c1CCC2. The second-order valence-corrected chi connectivity index (χ2v) is 5.62. The van der Waals surface area contributed by atoms with Crippen LogP contribution in [0.5, 0.6) is 0 Å². The number of benzene rings is 1. The number of nitriles is 1. The second-order valence-electron chi connectivity index (χ2n) is 4.75. The number of fused-ring (bicyclic) bond motifs is 1. The number of hydrogen-bond acceptors (Lipinski definition) is 2. The Labute approximate surface area is 126 Å². The lowest BCUT2D eigenvalue weighted by Crippen LogP contribution is -2.22. The van der Waals surface area contributed by atoms with E-state index >= 15 is 0 Å². The minimum absolute atomic E-state index is 0.0881. The summed E-state index contributed by atoms with van der Waals surface area (Å²) in [4.78, 5) is 12.5. The molecule has 0 radical (unpaired) electrons. The quantitative estimate of drug-likeness (QED) is 0.807. The maximum Gasteiger partial charge on any atom is 0.258 e.